The molecule has 3 aliphatic rings. The Labute approximate surface area is 138 Å². The predicted molar refractivity (Wildman–Crippen MR) is 86.1 cm³/mol. The molecular weight excluding hydrogens is 298 g/mol. The average Bonchev–Trinajstić information content (AvgIpc) is 2.56. The standard InChI is InChI=1S/C19H30F2O2/c1-13-2-6-15(7-3-13)17-11-22-19(23-12-17)16-8-4-14(5-9-16)10-18(20)21/h10,13-17,19H,2-9,11-12H2,1H3. The number of halogens is 2. The molecule has 0 aromatic rings. The molecule has 0 aromatic carbocycles. The topological polar surface area (TPSA) is 18.5 Å². The van der Waals surface area contributed by atoms with Crippen LogP contribution in [-0.4, -0.2) is 19.5 Å². The van der Waals surface area contributed by atoms with Crippen molar-refractivity contribution >= 4 is 0 Å². The second-order valence-electron chi connectivity index (χ2n) is 7.95. The van der Waals surface area contributed by atoms with Crippen LogP contribution in [0.5, 0.6) is 0 Å². The van der Waals surface area contributed by atoms with Crippen molar-refractivity contribution in [3.8, 4) is 0 Å². The van der Waals surface area contributed by atoms with Gasteiger partial charge in [-0.15, -0.1) is 0 Å². The number of allylic oxidation sites excluding steroid dienone is 1. The van der Waals surface area contributed by atoms with Crippen LogP contribution in [0.25, 0.3) is 0 Å². The molecule has 0 aromatic heterocycles. The Morgan fingerprint density at radius 3 is 1.91 bits per heavy atom. The molecule has 0 spiro atoms. The minimum atomic E-state index is -1.54. The number of hydrogen-bond donors (Lipinski definition) is 0. The van der Waals surface area contributed by atoms with Crippen molar-refractivity contribution in [2.45, 2.75) is 64.6 Å². The lowest BCUT2D eigenvalue weighted by Crippen LogP contribution is -2.41. The van der Waals surface area contributed by atoms with Crippen LogP contribution in [0.2, 0.25) is 0 Å². The predicted octanol–water partition coefficient (Wildman–Crippen LogP) is 5.39. The molecule has 0 N–H and O–H groups in total. The zero-order valence-corrected chi connectivity index (χ0v) is 14.2. The largest absolute Gasteiger partial charge is 0.352 e. The number of ether oxygens (including phenoxy) is 2. The lowest BCUT2D eigenvalue weighted by molar-refractivity contribution is -0.236. The molecule has 0 bridgehead atoms. The third-order valence-corrected chi connectivity index (χ3v) is 6.24. The molecule has 0 radical (unpaired) electrons. The van der Waals surface area contributed by atoms with Gasteiger partial charge in [-0.25, -0.2) is 0 Å². The summed E-state index contributed by atoms with van der Waals surface area (Å²) < 4.78 is 36.7. The molecule has 0 amide bonds. The Morgan fingerprint density at radius 2 is 1.35 bits per heavy atom. The fourth-order valence-corrected chi connectivity index (χ4v) is 4.60. The smallest absolute Gasteiger partial charge is 0.266 e. The summed E-state index contributed by atoms with van der Waals surface area (Å²) in [6.45, 7) is 3.99. The van der Waals surface area contributed by atoms with E-state index in [1.54, 1.807) is 0 Å². The maximum absolute atomic E-state index is 12.3. The first-order valence-corrected chi connectivity index (χ1v) is 9.38. The zero-order valence-electron chi connectivity index (χ0n) is 14.2. The first kappa shape index (κ1) is 17.3. The van der Waals surface area contributed by atoms with E-state index in [0.717, 1.165) is 56.8 Å². The number of hydrogen-bond acceptors (Lipinski definition) is 2. The summed E-state index contributed by atoms with van der Waals surface area (Å²) in [5.41, 5.74) is 0. The molecule has 132 valence electrons. The highest BCUT2D eigenvalue weighted by Gasteiger charge is 2.35. The van der Waals surface area contributed by atoms with Crippen LogP contribution in [0.4, 0.5) is 8.78 Å². The zero-order chi connectivity index (χ0) is 16.2. The van der Waals surface area contributed by atoms with Crippen molar-refractivity contribution in [3.05, 3.63) is 12.2 Å². The average molecular weight is 328 g/mol. The highest BCUT2D eigenvalue weighted by atomic mass is 19.3. The van der Waals surface area contributed by atoms with Gasteiger partial charge in [-0.1, -0.05) is 19.8 Å². The second kappa shape index (κ2) is 8.06. The maximum Gasteiger partial charge on any atom is 0.266 e. The third kappa shape index (κ3) is 4.76. The molecule has 1 heterocycles. The van der Waals surface area contributed by atoms with E-state index in [2.05, 4.69) is 6.92 Å². The van der Waals surface area contributed by atoms with E-state index in [-0.39, 0.29) is 12.2 Å². The first-order valence-electron chi connectivity index (χ1n) is 9.38. The lowest BCUT2D eigenvalue weighted by Gasteiger charge is -2.40. The van der Waals surface area contributed by atoms with Gasteiger partial charge in [0.05, 0.1) is 13.2 Å². The Hall–Kier alpha value is -0.480. The quantitative estimate of drug-likeness (QED) is 0.691. The van der Waals surface area contributed by atoms with Gasteiger partial charge < -0.3 is 9.47 Å². The number of rotatable bonds is 3. The van der Waals surface area contributed by atoms with Gasteiger partial charge in [0.2, 0.25) is 0 Å². The van der Waals surface area contributed by atoms with Gasteiger partial charge in [-0.05, 0) is 62.4 Å². The Morgan fingerprint density at radius 1 is 0.783 bits per heavy atom. The monoisotopic (exact) mass is 328 g/mol. The molecule has 3 rings (SSSR count). The molecular formula is C19H30F2O2. The molecule has 23 heavy (non-hydrogen) atoms. The highest BCUT2D eigenvalue weighted by Crippen LogP contribution is 2.38. The minimum Gasteiger partial charge on any atom is -0.352 e. The molecule has 1 aliphatic heterocycles. The Kier molecular flexibility index (Phi) is 6.08. The lowest BCUT2D eigenvalue weighted by atomic mass is 9.76. The summed E-state index contributed by atoms with van der Waals surface area (Å²) in [6, 6.07) is 0. The second-order valence-corrected chi connectivity index (χ2v) is 7.95. The van der Waals surface area contributed by atoms with Gasteiger partial charge in [0.15, 0.2) is 6.29 Å². The van der Waals surface area contributed by atoms with Crippen LogP contribution < -0.4 is 0 Å². The van der Waals surface area contributed by atoms with Crippen LogP contribution in [0, 0.1) is 29.6 Å². The molecule has 4 heteroatoms. The molecule has 0 unspecified atom stereocenters. The van der Waals surface area contributed by atoms with Crippen LogP contribution >= 0.6 is 0 Å². The van der Waals surface area contributed by atoms with Crippen molar-refractivity contribution in [2.24, 2.45) is 29.6 Å². The van der Waals surface area contributed by atoms with E-state index in [9.17, 15) is 8.78 Å². The van der Waals surface area contributed by atoms with Crippen molar-refractivity contribution in [1.29, 1.82) is 0 Å². The van der Waals surface area contributed by atoms with Crippen LogP contribution in [0.3, 0.4) is 0 Å². The fourth-order valence-electron chi connectivity index (χ4n) is 4.60. The van der Waals surface area contributed by atoms with E-state index in [1.165, 1.54) is 25.7 Å². The summed E-state index contributed by atoms with van der Waals surface area (Å²) in [5.74, 6) is 2.62. The van der Waals surface area contributed by atoms with E-state index < -0.39 is 6.08 Å². The summed E-state index contributed by atoms with van der Waals surface area (Å²) in [7, 11) is 0. The van der Waals surface area contributed by atoms with Crippen LogP contribution in [-0.2, 0) is 9.47 Å². The SMILES string of the molecule is CC1CCC(C2COC(C3CCC(C=C(F)F)CC3)OC2)CC1. The maximum atomic E-state index is 12.3. The van der Waals surface area contributed by atoms with Gasteiger partial charge in [0, 0.05) is 11.8 Å². The summed E-state index contributed by atoms with van der Waals surface area (Å²) in [6.07, 6.45) is 8.32. The Bertz CT molecular complexity index is 384. The van der Waals surface area contributed by atoms with Crippen molar-refractivity contribution < 1.29 is 18.3 Å². The van der Waals surface area contributed by atoms with E-state index in [1.807, 2.05) is 0 Å². The molecule has 0 atom stereocenters. The third-order valence-electron chi connectivity index (χ3n) is 6.24. The van der Waals surface area contributed by atoms with Crippen molar-refractivity contribution in [2.75, 3.05) is 13.2 Å². The molecule has 1 saturated heterocycles. The summed E-state index contributed by atoms with van der Waals surface area (Å²) >= 11 is 0. The van der Waals surface area contributed by atoms with Gasteiger partial charge in [0.25, 0.3) is 6.08 Å². The van der Waals surface area contributed by atoms with Gasteiger partial charge in [-0.3, -0.25) is 0 Å². The van der Waals surface area contributed by atoms with E-state index >= 15 is 0 Å². The van der Waals surface area contributed by atoms with Gasteiger partial charge in [-0.2, -0.15) is 8.78 Å². The normalized spacial score (nSPS) is 42.2. The summed E-state index contributed by atoms with van der Waals surface area (Å²) in [5, 5.41) is 0. The Balaban J connectivity index is 1.40. The fraction of sp³-hybridized carbons (Fsp3) is 0.895. The van der Waals surface area contributed by atoms with Gasteiger partial charge >= 0.3 is 0 Å². The molecule has 2 aliphatic carbocycles. The highest BCUT2D eigenvalue weighted by molar-refractivity contribution is 4.91. The van der Waals surface area contributed by atoms with E-state index in [0.29, 0.717) is 11.8 Å². The first-order chi connectivity index (χ1) is 11.1. The summed E-state index contributed by atoms with van der Waals surface area (Å²) in [4.78, 5) is 0. The van der Waals surface area contributed by atoms with E-state index in [4.69, 9.17) is 9.47 Å². The van der Waals surface area contributed by atoms with Crippen LogP contribution in [0.1, 0.15) is 58.3 Å². The van der Waals surface area contributed by atoms with Crippen molar-refractivity contribution in [1.82, 2.24) is 0 Å². The molecule has 3 fully saturated rings. The van der Waals surface area contributed by atoms with Gasteiger partial charge in [0.1, 0.15) is 0 Å². The van der Waals surface area contributed by atoms with Crippen molar-refractivity contribution in [3.63, 3.8) is 0 Å². The van der Waals surface area contributed by atoms with Crippen LogP contribution in [0.15, 0.2) is 12.2 Å². The molecule has 2 saturated carbocycles. The minimum absolute atomic E-state index is 0.0387. The molecule has 2 nitrogen and oxygen atoms in total.